The lowest BCUT2D eigenvalue weighted by atomic mass is 9.54. The minimum absolute atomic E-state index is 0.0581. The van der Waals surface area contributed by atoms with E-state index in [2.05, 4.69) is 6.92 Å². The smallest absolute Gasteiger partial charge is 0.0666 e. The van der Waals surface area contributed by atoms with Crippen LogP contribution in [0.1, 0.15) is 52.4 Å². The van der Waals surface area contributed by atoms with E-state index in [0.29, 0.717) is 0 Å². The average molecular weight is 254 g/mol. The van der Waals surface area contributed by atoms with Crippen molar-refractivity contribution < 1.29 is 15.3 Å². The maximum Gasteiger partial charge on any atom is 0.0666 e. The van der Waals surface area contributed by atoms with Gasteiger partial charge < -0.3 is 15.3 Å². The van der Waals surface area contributed by atoms with E-state index >= 15 is 0 Å². The van der Waals surface area contributed by atoms with Crippen molar-refractivity contribution in [2.45, 2.75) is 58.0 Å². The van der Waals surface area contributed by atoms with Crippen LogP contribution in [-0.4, -0.2) is 34.1 Å². The molecule has 3 nitrogen and oxygen atoms in total. The van der Waals surface area contributed by atoms with E-state index in [9.17, 15) is 15.3 Å². The van der Waals surface area contributed by atoms with Crippen LogP contribution in [0.3, 0.4) is 0 Å². The molecule has 104 valence electrons. The molecule has 0 heterocycles. The molecule has 0 bridgehead atoms. The van der Waals surface area contributed by atoms with Gasteiger partial charge in [0.25, 0.3) is 0 Å². The standard InChI is InChI=1S/C15H26O3/c1-14-5-3-6-15(2,18)13(14)8-11(4-7-14)12(9-16)10-17/h13,16-18H,3-10H2,1-2H3. The van der Waals surface area contributed by atoms with Crippen LogP contribution in [0.4, 0.5) is 0 Å². The third kappa shape index (κ3) is 2.36. The van der Waals surface area contributed by atoms with E-state index in [1.54, 1.807) is 0 Å². The summed E-state index contributed by atoms with van der Waals surface area (Å²) < 4.78 is 0. The predicted molar refractivity (Wildman–Crippen MR) is 71.1 cm³/mol. The van der Waals surface area contributed by atoms with Gasteiger partial charge in [0.2, 0.25) is 0 Å². The van der Waals surface area contributed by atoms with Gasteiger partial charge >= 0.3 is 0 Å². The second kappa shape index (κ2) is 4.95. The molecule has 0 aromatic heterocycles. The third-order valence-corrected chi connectivity index (χ3v) is 5.35. The minimum atomic E-state index is -0.602. The van der Waals surface area contributed by atoms with E-state index in [-0.39, 0.29) is 24.5 Å². The van der Waals surface area contributed by atoms with Crippen LogP contribution in [0, 0.1) is 11.3 Å². The van der Waals surface area contributed by atoms with Crippen molar-refractivity contribution in [2.75, 3.05) is 13.2 Å². The molecule has 0 spiro atoms. The van der Waals surface area contributed by atoms with Gasteiger partial charge in [0.15, 0.2) is 0 Å². The summed E-state index contributed by atoms with van der Waals surface area (Å²) in [4.78, 5) is 0. The SMILES string of the molecule is CC1(O)CCCC2(C)CCC(=C(CO)CO)CC12. The Bertz CT molecular complexity index is 340. The van der Waals surface area contributed by atoms with E-state index < -0.39 is 5.60 Å². The second-order valence-corrected chi connectivity index (χ2v) is 6.64. The topological polar surface area (TPSA) is 60.7 Å². The molecule has 0 aromatic rings. The fourth-order valence-corrected chi connectivity index (χ4v) is 4.09. The highest BCUT2D eigenvalue weighted by atomic mass is 16.3. The molecule has 2 rings (SSSR count). The van der Waals surface area contributed by atoms with Gasteiger partial charge in [-0.2, -0.15) is 0 Å². The molecule has 0 amide bonds. The Morgan fingerprint density at radius 2 is 1.83 bits per heavy atom. The molecule has 3 N–H and O–H groups in total. The van der Waals surface area contributed by atoms with Crippen molar-refractivity contribution in [3.63, 3.8) is 0 Å². The van der Waals surface area contributed by atoms with Crippen LogP contribution >= 0.6 is 0 Å². The van der Waals surface area contributed by atoms with Crippen molar-refractivity contribution in [1.29, 1.82) is 0 Å². The van der Waals surface area contributed by atoms with Crippen LogP contribution in [0.5, 0.6) is 0 Å². The van der Waals surface area contributed by atoms with Crippen molar-refractivity contribution in [2.24, 2.45) is 11.3 Å². The molecule has 3 unspecified atom stereocenters. The lowest BCUT2D eigenvalue weighted by molar-refractivity contribution is -0.105. The lowest BCUT2D eigenvalue weighted by Crippen LogP contribution is -2.50. The molecule has 2 aliphatic rings. The maximum absolute atomic E-state index is 10.6. The quantitative estimate of drug-likeness (QED) is 0.661. The van der Waals surface area contributed by atoms with E-state index in [0.717, 1.165) is 37.7 Å². The third-order valence-electron chi connectivity index (χ3n) is 5.35. The van der Waals surface area contributed by atoms with Crippen molar-refractivity contribution in [3.05, 3.63) is 11.1 Å². The number of allylic oxidation sites excluding steroid dienone is 1. The first-order valence-electron chi connectivity index (χ1n) is 7.07. The van der Waals surface area contributed by atoms with Crippen LogP contribution in [-0.2, 0) is 0 Å². The first-order valence-corrected chi connectivity index (χ1v) is 7.07. The molecule has 0 aromatic carbocycles. The van der Waals surface area contributed by atoms with Gasteiger partial charge in [0, 0.05) is 0 Å². The normalized spacial score (nSPS) is 40.5. The zero-order valence-electron chi connectivity index (χ0n) is 11.6. The lowest BCUT2D eigenvalue weighted by Gasteiger charge is -2.53. The van der Waals surface area contributed by atoms with Gasteiger partial charge in [0.1, 0.15) is 0 Å². The van der Waals surface area contributed by atoms with Crippen LogP contribution < -0.4 is 0 Å². The molecule has 0 saturated heterocycles. The van der Waals surface area contributed by atoms with Gasteiger partial charge in [-0.05, 0) is 55.9 Å². The Morgan fingerprint density at radius 3 is 2.44 bits per heavy atom. The summed E-state index contributed by atoms with van der Waals surface area (Å²) in [5, 5.41) is 29.2. The molecular formula is C15H26O3. The molecule has 0 aliphatic heterocycles. The van der Waals surface area contributed by atoms with E-state index in [1.807, 2.05) is 6.92 Å². The monoisotopic (exact) mass is 254 g/mol. The van der Waals surface area contributed by atoms with Crippen molar-refractivity contribution in [1.82, 2.24) is 0 Å². The van der Waals surface area contributed by atoms with Gasteiger partial charge in [-0.3, -0.25) is 0 Å². The zero-order valence-corrected chi connectivity index (χ0v) is 11.6. The van der Waals surface area contributed by atoms with Gasteiger partial charge in [0.05, 0.1) is 18.8 Å². The summed E-state index contributed by atoms with van der Waals surface area (Å²) in [6.07, 6.45) is 6.01. The van der Waals surface area contributed by atoms with E-state index in [4.69, 9.17) is 0 Å². The average Bonchev–Trinajstić information content (AvgIpc) is 2.31. The number of hydrogen-bond acceptors (Lipinski definition) is 3. The molecule has 3 heteroatoms. The molecule has 2 aliphatic carbocycles. The zero-order chi connectivity index (χ0) is 13.4. The first kappa shape index (κ1) is 14.0. The molecule has 2 saturated carbocycles. The summed E-state index contributed by atoms with van der Waals surface area (Å²) in [5.74, 6) is 0.260. The highest BCUT2D eigenvalue weighted by Crippen LogP contribution is 2.55. The number of rotatable bonds is 2. The highest BCUT2D eigenvalue weighted by Gasteiger charge is 2.49. The number of aliphatic hydroxyl groups excluding tert-OH is 2. The number of aliphatic hydroxyl groups is 3. The highest BCUT2D eigenvalue weighted by molar-refractivity contribution is 5.21. The summed E-state index contributed by atoms with van der Waals surface area (Å²) in [5.41, 5.74) is 1.55. The predicted octanol–water partition coefficient (Wildman–Crippen LogP) is 2.01. The van der Waals surface area contributed by atoms with Crippen LogP contribution in [0.15, 0.2) is 11.1 Å². The van der Waals surface area contributed by atoms with Gasteiger partial charge in [-0.25, -0.2) is 0 Å². The Kier molecular flexibility index (Phi) is 3.86. The second-order valence-electron chi connectivity index (χ2n) is 6.64. The fourth-order valence-electron chi connectivity index (χ4n) is 4.09. The van der Waals surface area contributed by atoms with Crippen molar-refractivity contribution in [3.8, 4) is 0 Å². The first-order chi connectivity index (χ1) is 8.43. The van der Waals surface area contributed by atoms with E-state index in [1.165, 1.54) is 12.0 Å². The van der Waals surface area contributed by atoms with Gasteiger partial charge in [-0.15, -0.1) is 0 Å². The minimum Gasteiger partial charge on any atom is -0.392 e. The fraction of sp³-hybridized carbons (Fsp3) is 0.867. The molecule has 0 radical (unpaired) electrons. The Balaban J connectivity index is 2.27. The summed E-state index contributed by atoms with van der Waals surface area (Å²) >= 11 is 0. The van der Waals surface area contributed by atoms with Crippen molar-refractivity contribution >= 4 is 0 Å². The molecule has 3 atom stereocenters. The Labute approximate surface area is 110 Å². The maximum atomic E-state index is 10.6. The molecule has 2 fully saturated rings. The number of fused-ring (bicyclic) bond motifs is 1. The summed E-state index contributed by atoms with van der Waals surface area (Å²) in [6.45, 7) is 4.13. The number of hydrogen-bond donors (Lipinski definition) is 3. The molecular weight excluding hydrogens is 228 g/mol. The molecule has 18 heavy (non-hydrogen) atoms. The Hall–Kier alpha value is -0.380. The van der Waals surface area contributed by atoms with Crippen LogP contribution in [0.2, 0.25) is 0 Å². The van der Waals surface area contributed by atoms with Gasteiger partial charge in [-0.1, -0.05) is 18.9 Å². The van der Waals surface area contributed by atoms with Crippen LogP contribution in [0.25, 0.3) is 0 Å². The largest absolute Gasteiger partial charge is 0.392 e. The Morgan fingerprint density at radius 1 is 1.17 bits per heavy atom. The summed E-state index contributed by atoms with van der Waals surface area (Å²) in [6, 6.07) is 0. The summed E-state index contributed by atoms with van der Waals surface area (Å²) in [7, 11) is 0.